The summed E-state index contributed by atoms with van der Waals surface area (Å²) in [6.45, 7) is 13.2. The third-order valence-corrected chi connectivity index (χ3v) is 2.36. The quantitative estimate of drug-likeness (QED) is 0.440. The van der Waals surface area contributed by atoms with Crippen molar-refractivity contribution in [2.45, 2.75) is 66.6 Å². The average Bonchev–Trinajstić information content (AvgIpc) is 2.63. The molecule has 5 nitrogen and oxygen atoms in total. The van der Waals surface area contributed by atoms with Crippen LogP contribution in [0.1, 0.15) is 59.9 Å². The van der Waals surface area contributed by atoms with Gasteiger partial charge in [0.2, 0.25) is 0 Å². The molecule has 1 aromatic carbocycles. The predicted molar refractivity (Wildman–Crippen MR) is 108 cm³/mol. The number of amides is 1. The fourth-order valence-electron chi connectivity index (χ4n) is 1.39. The van der Waals surface area contributed by atoms with E-state index in [4.69, 9.17) is 4.74 Å². The van der Waals surface area contributed by atoms with Crippen molar-refractivity contribution >= 4 is 12.6 Å². The number of rotatable bonds is 6. The van der Waals surface area contributed by atoms with Crippen LogP contribution < -0.4 is 5.32 Å². The Morgan fingerprint density at radius 1 is 1.15 bits per heavy atom. The first-order valence-corrected chi connectivity index (χ1v) is 8.78. The van der Waals surface area contributed by atoms with Crippen molar-refractivity contribution in [3.05, 3.63) is 35.9 Å². The maximum atomic E-state index is 11.0. The lowest BCUT2D eigenvalue weighted by molar-refractivity contribution is -0.129. The van der Waals surface area contributed by atoms with Crippen molar-refractivity contribution in [1.29, 1.82) is 0 Å². The van der Waals surface area contributed by atoms with Gasteiger partial charge in [0.05, 0.1) is 0 Å². The van der Waals surface area contributed by atoms with Crippen LogP contribution in [0.3, 0.4) is 0 Å². The fourth-order valence-corrected chi connectivity index (χ4v) is 1.39. The summed E-state index contributed by atoms with van der Waals surface area (Å²) < 4.78 is 9.57. The third kappa shape index (κ3) is 23.8. The predicted octanol–water partition coefficient (Wildman–Crippen LogP) is 4.95. The van der Waals surface area contributed by atoms with Crippen molar-refractivity contribution < 1.29 is 19.1 Å². The Hall–Kier alpha value is -2.48. The largest absolute Gasteiger partial charge is 0.463 e. The normalized spacial score (nSPS) is 8.77. The number of hydrogen-bond acceptors (Lipinski definition) is 4. The van der Waals surface area contributed by atoms with Gasteiger partial charge in [-0.25, -0.2) is 4.79 Å². The Kier molecular flexibility index (Phi) is 22.4. The van der Waals surface area contributed by atoms with E-state index in [0.717, 1.165) is 18.4 Å². The zero-order chi connectivity index (χ0) is 20.8. The van der Waals surface area contributed by atoms with E-state index in [2.05, 4.69) is 29.8 Å². The van der Waals surface area contributed by atoms with Crippen molar-refractivity contribution in [3.8, 4) is 12.8 Å². The maximum Gasteiger partial charge on any atom is 0.407 e. The van der Waals surface area contributed by atoms with Gasteiger partial charge in [0.1, 0.15) is 12.2 Å². The lowest BCUT2D eigenvalue weighted by Crippen LogP contribution is -2.32. The van der Waals surface area contributed by atoms with E-state index in [1.165, 1.54) is 0 Å². The molecule has 0 saturated heterocycles. The highest BCUT2D eigenvalue weighted by atomic mass is 16.6. The number of hydrogen-bond donors (Lipinski definition) is 1. The second-order valence-corrected chi connectivity index (χ2v) is 5.68. The number of ether oxygens (including phenoxy) is 2. The molecule has 0 aromatic heterocycles. The molecule has 0 spiro atoms. The van der Waals surface area contributed by atoms with E-state index in [1.54, 1.807) is 0 Å². The summed E-state index contributed by atoms with van der Waals surface area (Å²) in [7, 11) is 0. The summed E-state index contributed by atoms with van der Waals surface area (Å²) in [5.41, 5.74) is 0.616. The van der Waals surface area contributed by atoms with Gasteiger partial charge in [0.15, 0.2) is 0 Å². The van der Waals surface area contributed by atoms with Crippen LogP contribution in [-0.4, -0.2) is 24.7 Å². The standard InChI is InChI=1S/C9H19NO2.C8H8O2.C2H6.C2H2/c1-5-6-7-10-8(11)12-9(2,3)4;9-7-10-6-8-4-2-1-3-5-8;2*1-2/h5-7H2,1-4H3,(H,10,11);1-5,7H,6H2;1-2H3;1-2H. The zero-order valence-electron chi connectivity index (χ0n) is 17.1. The summed E-state index contributed by atoms with van der Waals surface area (Å²) in [6, 6.07) is 9.55. The molecule has 148 valence electrons. The molecule has 26 heavy (non-hydrogen) atoms. The molecule has 0 aliphatic rings. The lowest BCUT2D eigenvalue weighted by atomic mass is 10.2. The van der Waals surface area contributed by atoms with Gasteiger partial charge in [0, 0.05) is 6.54 Å². The Morgan fingerprint density at radius 3 is 2.12 bits per heavy atom. The molecule has 5 heteroatoms. The van der Waals surface area contributed by atoms with Gasteiger partial charge in [-0.3, -0.25) is 4.79 Å². The number of carbonyl (C=O) groups is 2. The SMILES string of the molecule is C#C.CC.CCCCNC(=O)OC(C)(C)C.O=COCc1ccccc1. The molecule has 0 atom stereocenters. The van der Waals surface area contributed by atoms with Crippen LogP contribution in [0.4, 0.5) is 4.79 Å². The van der Waals surface area contributed by atoms with E-state index in [9.17, 15) is 9.59 Å². The van der Waals surface area contributed by atoms with E-state index < -0.39 is 5.60 Å². The van der Waals surface area contributed by atoms with Crippen LogP contribution in [0.15, 0.2) is 30.3 Å². The van der Waals surface area contributed by atoms with Gasteiger partial charge in [-0.2, -0.15) is 0 Å². The maximum absolute atomic E-state index is 11.0. The summed E-state index contributed by atoms with van der Waals surface area (Å²) in [5, 5.41) is 2.68. The minimum absolute atomic E-state index is 0.323. The molecule has 0 radical (unpaired) electrons. The van der Waals surface area contributed by atoms with Crippen LogP contribution >= 0.6 is 0 Å². The summed E-state index contributed by atoms with van der Waals surface area (Å²) in [4.78, 5) is 20.8. The van der Waals surface area contributed by atoms with Gasteiger partial charge >= 0.3 is 6.09 Å². The lowest BCUT2D eigenvalue weighted by Gasteiger charge is -2.19. The molecule has 0 saturated carbocycles. The molecule has 0 heterocycles. The van der Waals surface area contributed by atoms with Crippen molar-refractivity contribution in [1.82, 2.24) is 5.32 Å². The van der Waals surface area contributed by atoms with E-state index >= 15 is 0 Å². The van der Waals surface area contributed by atoms with E-state index in [1.807, 2.05) is 65.0 Å². The Morgan fingerprint density at radius 2 is 1.69 bits per heavy atom. The molecule has 0 fully saturated rings. The summed E-state index contributed by atoms with van der Waals surface area (Å²) in [5.74, 6) is 0. The molecule has 0 aliphatic heterocycles. The van der Waals surface area contributed by atoms with Crippen LogP contribution in [-0.2, 0) is 20.9 Å². The van der Waals surface area contributed by atoms with Crippen LogP contribution in [0.5, 0.6) is 0 Å². The van der Waals surface area contributed by atoms with E-state index in [0.29, 0.717) is 19.6 Å². The van der Waals surface area contributed by atoms with Crippen molar-refractivity contribution in [2.75, 3.05) is 6.54 Å². The second kappa shape index (κ2) is 20.6. The minimum atomic E-state index is -0.393. The molecule has 0 bridgehead atoms. The number of terminal acetylenes is 1. The van der Waals surface area contributed by atoms with Gasteiger partial charge < -0.3 is 14.8 Å². The fraction of sp³-hybridized carbons (Fsp3) is 0.524. The van der Waals surface area contributed by atoms with Crippen LogP contribution in [0.2, 0.25) is 0 Å². The monoisotopic (exact) mass is 365 g/mol. The minimum Gasteiger partial charge on any atom is -0.463 e. The van der Waals surface area contributed by atoms with Gasteiger partial charge in [-0.15, -0.1) is 12.8 Å². The van der Waals surface area contributed by atoms with Crippen LogP contribution in [0, 0.1) is 12.8 Å². The molecular weight excluding hydrogens is 330 g/mol. The zero-order valence-corrected chi connectivity index (χ0v) is 17.1. The Labute approximate surface area is 159 Å². The number of benzene rings is 1. The highest BCUT2D eigenvalue weighted by molar-refractivity contribution is 5.67. The Balaban J connectivity index is -0.000000344. The summed E-state index contributed by atoms with van der Waals surface area (Å²) >= 11 is 0. The highest BCUT2D eigenvalue weighted by Gasteiger charge is 2.14. The smallest absolute Gasteiger partial charge is 0.407 e. The molecule has 0 unspecified atom stereocenters. The van der Waals surface area contributed by atoms with Crippen molar-refractivity contribution in [2.24, 2.45) is 0 Å². The first-order chi connectivity index (χ1) is 12.4. The number of carbonyl (C=O) groups excluding carboxylic acids is 2. The molecular formula is C21H35NO4. The Bertz CT molecular complexity index is 450. The average molecular weight is 366 g/mol. The molecule has 0 aliphatic carbocycles. The summed E-state index contributed by atoms with van der Waals surface area (Å²) in [6.07, 6.45) is 9.76. The number of unbranched alkanes of at least 4 members (excludes halogenated alkanes) is 1. The third-order valence-electron chi connectivity index (χ3n) is 2.36. The first-order valence-electron chi connectivity index (χ1n) is 8.78. The van der Waals surface area contributed by atoms with Gasteiger partial charge in [-0.1, -0.05) is 57.5 Å². The van der Waals surface area contributed by atoms with Gasteiger partial charge in [-0.05, 0) is 32.8 Å². The number of nitrogens with one attached hydrogen (secondary N) is 1. The molecule has 1 rings (SSSR count). The van der Waals surface area contributed by atoms with Gasteiger partial charge in [0.25, 0.3) is 6.47 Å². The van der Waals surface area contributed by atoms with Crippen molar-refractivity contribution in [3.63, 3.8) is 0 Å². The highest BCUT2D eigenvalue weighted by Crippen LogP contribution is 2.06. The molecule has 1 amide bonds. The van der Waals surface area contributed by atoms with Crippen LogP contribution in [0.25, 0.3) is 0 Å². The topological polar surface area (TPSA) is 64.6 Å². The first kappa shape index (κ1) is 28.3. The molecule has 1 aromatic rings. The second-order valence-electron chi connectivity index (χ2n) is 5.68. The molecule has 1 N–H and O–H groups in total. The number of alkyl carbamates (subject to hydrolysis) is 1. The van der Waals surface area contributed by atoms with E-state index in [-0.39, 0.29) is 6.09 Å².